The van der Waals surface area contributed by atoms with Crippen molar-refractivity contribution in [1.82, 2.24) is 28.8 Å². The lowest BCUT2D eigenvalue weighted by atomic mass is 10.2. The molecule has 0 spiro atoms. The van der Waals surface area contributed by atoms with E-state index in [0.29, 0.717) is 5.69 Å². The second-order valence-corrected chi connectivity index (χ2v) is 8.51. The summed E-state index contributed by atoms with van der Waals surface area (Å²) >= 11 is 0. The Morgan fingerprint density at radius 3 is 2.36 bits per heavy atom. The topological polar surface area (TPSA) is 136 Å². The number of piperazine rings is 1. The zero-order chi connectivity index (χ0) is 20.6. The quantitative estimate of drug-likeness (QED) is 0.496. The summed E-state index contributed by atoms with van der Waals surface area (Å²) in [6.07, 6.45) is 3.85. The van der Waals surface area contributed by atoms with Crippen LogP contribution in [0.2, 0.25) is 0 Å². The van der Waals surface area contributed by atoms with Crippen molar-refractivity contribution in [1.29, 1.82) is 0 Å². The largest absolute Gasteiger partial charge is 0.338 e. The number of aromatic nitrogens is 4. The number of amides is 1. The SMILES string of the molecule is Cc1c([N+](=O)[O-])cnn1C(C)C(=O)N1CCN(S(=O)(=O)c2cnn(C)c2)CC1. The molecule has 0 radical (unpaired) electrons. The molecular formula is C15H21N7O5S. The van der Waals surface area contributed by atoms with Crippen LogP contribution in [0.5, 0.6) is 0 Å². The number of carbonyl (C=O) groups excluding carboxylic acids is 1. The van der Waals surface area contributed by atoms with Crippen LogP contribution in [-0.4, -0.2) is 74.2 Å². The van der Waals surface area contributed by atoms with Gasteiger partial charge in [-0.1, -0.05) is 0 Å². The van der Waals surface area contributed by atoms with Crippen molar-refractivity contribution in [3.05, 3.63) is 34.4 Å². The molecule has 28 heavy (non-hydrogen) atoms. The Labute approximate surface area is 161 Å². The summed E-state index contributed by atoms with van der Waals surface area (Å²) < 4.78 is 29.3. The fourth-order valence-corrected chi connectivity index (χ4v) is 4.59. The monoisotopic (exact) mass is 411 g/mol. The van der Waals surface area contributed by atoms with Gasteiger partial charge in [0, 0.05) is 39.4 Å². The Bertz CT molecular complexity index is 1000. The molecule has 1 amide bonds. The van der Waals surface area contributed by atoms with Crippen molar-refractivity contribution in [3.8, 4) is 0 Å². The Morgan fingerprint density at radius 2 is 1.86 bits per heavy atom. The first-order valence-corrected chi connectivity index (χ1v) is 10.0. The third-order valence-electron chi connectivity index (χ3n) is 4.81. The number of nitro groups is 1. The van der Waals surface area contributed by atoms with E-state index in [1.54, 1.807) is 18.9 Å². The number of aryl methyl sites for hydroxylation is 1. The van der Waals surface area contributed by atoms with Crippen LogP contribution in [0.1, 0.15) is 18.7 Å². The van der Waals surface area contributed by atoms with Crippen molar-refractivity contribution < 1.29 is 18.1 Å². The lowest BCUT2D eigenvalue weighted by molar-refractivity contribution is -0.385. The van der Waals surface area contributed by atoms with Gasteiger partial charge in [0.25, 0.3) is 0 Å². The average molecular weight is 411 g/mol. The highest BCUT2D eigenvalue weighted by molar-refractivity contribution is 7.89. The minimum absolute atomic E-state index is 0.114. The molecule has 152 valence electrons. The molecule has 0 N–H and O–H groups in total. The van der Waals surface area contributed by atoms with Crippen LogP contribution in [0.3, 0.4) is 0 Å². The summed E-state index contributed by atoms with van der Waals surface area (Å²) in [6, 6.07) is -0.727. The van der Waals surface area contributed by atoms with E-state index in [4.69, 9.17) is 0 Å². The second-order valence-electron chi connectivity index (χ2n) is 6.57. The fraction of sp³-hybridized carbons (Fsp3) is 0.533. The lowest BCUT2D eigenvalue weighted by Gasteiger charge is -2.35. The fourth-order valence-electron chi connectivity index (χ4n) is 3.18. The van der Waals surface area contributed by atoms with Gasteiger partial charge in [-0.2, -0.15) is 14.5 Å². The van der Waals surface area contributed by atoms with E-state index in [2.05, 4.69) is 10.2 Å². The standard InChI is InChI=1S/C15H21N7O5S/c1-11-14(22(24)25)9-17-21(11)12(2)15(23)19-4-6-20(7-5-19)28(26,27)13-8-16-18(3)10-13/h8-10,12H,4-7H2,1-3H3. The zero-order valence-corrected chi connectivity index (χ0v) is 16.5. The highest BCUT2D eigenvalue weighted by Crippen LogP contribution is 2.22. The van der Waals surface area contributed by atoms with Gasteiger partial charge in [-0.3, -0.25) is 24.3 Å². The van der Waals surface area contributed by atoms with Gasteiger partial charge in [0.15, 0.2) is 0 Å². The summed E-state index contributed by atoms with van der Waals surface area (Å²) in [7, 11) is -2.02. The van der Waals surface area contributed by atoms with Gasteiger partial charge in [-0.15, -0.1) is 0 Å². The smallest absolute Gasteiger partial charge is 0.309 e. The number of sulfonamides is 1. The molecule has 1 aliphatic heterocycles. The van der Waals surface area contributed by atoms with Crippen LogP contribution in [-0.2, 0) is 21.9 Å². The van der Waals surface area contributed by atoms with Gasteiger partial charge in [-0.05, 0) is 13.8 Å². The maximum absolute atomic E-state index is 12.8. The van der Waals surface area contributed by atoms with Crippen molar-refractivity contribution in [2.75, 3.05) is 26.2 Å². The van der Waals surface area contributed by atoms with Crippen LogP contribution in [0.15, 0.2) is 23.5 Å². The third-order valence-corrected chi connectivity index (χ3v) is 6.66. The normalized spacial score (nSPS) is 16.9. The molecular weight excluding hydrogens is 390 g/mol. The molecule has 2 aromatic rings. The van der Waals surface area contributed by atoms with Crippen LogP contribution in [0.25, 0.3) is 0 Å². The maximum Gasteiger partial charge on any atom is 0.309 e. The highest BCUT2D eigenvalue weighted by Gasteiger charge is 2.33. The minimum atomic E-state index is -3.66. The van der Waals surface area contributed by atoms with Gasteiger partial charge in [0.1, 0.15) is 22.8 Å². The van der Waals surface area contributed by atoms with Crippen LogP contribution < -0.4 is 0 Å². The molecule has 3 rings (SSSR count). The molecule has 13 heteroatoms. The average Bonchev–Trinajstić information content (AvgIpc) is 3.27. The summed E-state index contributed by atoms with van der Waals surface area (Å²) in [4.78, 5) is 24.9. The summed E-state index contributed by atoms with van der Waals surface area (Å²) in [5, 5.41) is 18.8. The number of nitrogens with zero attached hydrogens (tertiary/aromatic N) is 7. The van der Waals surface area contributed by atoms with Gasteiger partial charge < -0.3 is 4.90 Å². The van der Waals surface area contributed by atoms with Gasteiger partial charge in [0.2, 0.25) is 15.9 Å². The first-order chi connectivity index (χ1) is 13.1. The number of carbonyl (C=O) groups is 1. The number of hydrogen-bond donors (Lipinski definition) is 0. The van der Waals surface area contributed by atoms with E-state index in [1.807, 2.05) is 0 Å². The second kappa shape index (κ2) is 7.31. The lowest BCUT2D eigenvalue weighted by Crippen LogP contribution is -2.51. The predicted molar refractivity (Wildman–Crippen MR) is 96.9 cm³/mol. The molecule has 3 heterocycles. The van der Waals surface area contributed by atoms with Crippen molar-refractivity contribution in [3.63, 3.8) is 0 Å². The van der Waals surface area contributed by atoms with E-state index in [9.17, 15) is 23.3 Å². The van der Waals surface area contributed by atoms with E-state index in [0.717, 1.165) is 6.20 Å². The highest BCUT2D eigenvalue weighted by atomic mass is 32.2. The molecule has 12 nitrogen and oxygen atoms in total. The summed E-state index contributed by atoms with van der Waals surface area (Å²) in [6.45, 7) is 3.93. The first-order valence-electron chi connectivity index (χ1n) is 8.59. The van der Waals surface area contributed by atoms with E-state index in [1.165, 1.54) is 33.0 Å². The van der Waals surface area contributed by atoms with Gasteiger partial charge in [-0.25, -0.2) is 8.42 Å². The zero-order valence-electron chi connectivity index (χ0n) is 15.7. The summed E-state index contributed by atoms with van der Waals surface area (Å²) in [5.74, 6) is -0.264. The predicted octanol–water partition coefficient (Wildman–Crippen LogP) is -0.0727. The van der Waals surface area contributed by atoms with E-state index >= 15 is 0 Å². The Balaban J connectivity index is 1.67. The maximum atomic E-state index is 12.8. The Kier molecular flexibility index (Phi) is 5.21. The minimum Gasteiger partial charge on any atom is -0.338 e. The number of rotatable bonds is 5. The molecule has 0 aromatic carbocycles. The molecule has 0 bridgehead atoms. The molecule has 0 saturated carbocycles. The molecule has 1 fully saturated rings. The molecule has 2 aromatic heterocycles. The van der Waals surface area contributed by atoms with Gasteiger partial charge in [0.05, 0.1) is 11.1 Å². The summed E-state index contributed by atoms with van der Waals surface area (Å²) in [5.41, 5.74) is 0.149. The van der Waals surface area contributed by atoms with Crippen molar-refractivity contribution >= 4 is 21.6 Å². The number of hydrogen-bond acceptors (Lipinski definition) is 7. The van der Waals surface area contributed by atoms with E-state index < -0.39 is 21.0 Å². The molecule has 1 aliphatic rings. The van der Waals surface area contributed by atoms with Crippen LogP contribution in [0.4, 0.5) is 5.69 Å². The molecule has 1 unspecified atom stereocenters. The Hall–Kier alpha value is -2.80. The van der Waals surface area contributed by atoms with Crippen molar-refractivity contribution in [2.45, 2.75) is 24.8 Å². The van der Waals surface area contributed by atoms with Crippen molar-refractivity contribution in [2.24, 2.45) is 7.05 Å². The first kappa shape index (κ1) is 19.9. The Morgan fingerprint density at radius 1 is 1.21 bits per heavy atom. The van der Waals surface area contributed by atoms with Gasteiger partial charge >= 0.3 is 5.69 Å². The molecule has 1 atom stereocenters. The third kappa shape index (κ3) is 3.49. The molecule has 0 aliphatic carbocycles. The van der Waals surface area contributed by atoms with Crippen LogP contribution >= 0.6 is 0 Å². The molecule has 1 saturated heterocycles. The van der Waals surface area contributed by atoms with E-state index in [-0.39, 0.29) is 42.7 Å². The van der Waals surface area contributed by atoms with Crippen LogP contribution in [0, 0.1) is 17.0 Å².